The average Bonchev–Trinajstić information content (AvgIpc) is 2.95. The van der Waals surface area contributed by atoms with Crippen LogP contribution in [-0.2, 0) is 13.0 Å². The molecule has 19 heavy (non-hydrogen) atoms. The van der Waals surface area contributed by atoms with Gasteiger partial charge in [-0.05, 0) is 17.5 Å². The Morgan fingerprint density at radius 3 is 2.68 bits per heavy atom. The van der Waals surface area contributed by atoms with Crippen molar-refractivity contribution >= 4 is 0 Å². The molecular weight excluding hydrogens is 242 g/mol. The van der Waals surface area contributed by atoms with Gasteiger partial charge in [-0.25, -0.2) is 9.67 Å². The predicted octanol–water partition coefficient (Wildman–Crippen LogP) is 2.51. The predicted molar refractivity (Wildman–Crippen MR) is 72.6 cm³/mol. The zero-order valence-corrected chi connectivity index (χ0v) is 11.9. The number of furan rings is 1. The molecule has 1 atom stereocenters. The molecule has 0 fully saturated rings. The Balaban J connectivity index is 2.11. The number of hydrogen-bond acceptors (Lipinski definition) is 4. The molecule has 1 unspecified atom stereocenters. The molecule has 5 nitrogen and oxygen atoms in total. The van der Waals surface area contributed by atoms with Crippen LogP contribution in [-0.4, -0.2) is 26.0 Å². The second-order valence-corrected chi connectivity index (χ2v) is 5.79. The standard InChI is InChI=1S/C14H21N3O2/c1-5-10-6-7-11(19-10)13-15-9-17(16-13)8-12(18)14(2,3)4/h6-7,9,12,18H,5,8H2,1-4H3. The number of aliphatic hydroxyl groups is 1. The van der Waals surface area contributed by atoms with E-state index in [0.29, 0.717) is 18.1 Å². The van der Waals surface area contributed by atoms with Gasteiger partial charge in [0.1, 0.15) is 12.1 Å². The zero-order chi connectivity index (χ0) is 14.0. The van der Waals surface area contributed by atoms with E-state index < -0.39 is 6.10 Å². The molecule has 5 heteroatoms. The van der Waals surface area contributed by atoms with Gasteiger partial charge in [0.05, 0.1) is 12.6 Å². The Bertz CT molecular complexity index is 537. The molecule has 0 aliphatic heterocycles. The molecule has 2 aromatic heterocycles. The van der Waals surface area contributed by atoms with Crippen LogP contribution < -0.4 is 0 Å². The van der Waals surface area contributed by atoms with Crippen LogP contribution in [0.5, 0.6) is 0 Å². The summed E-state index contributed by atoms with van der Waals surface area (Å²) in [6.45, 7) is 8.45. The lowest BCUT2D eigenvalue weighted by molar-refractivity contribution is 0.0450. The largest absolute Gasteiger partial charge is 0.458 e. The monoisotopic (exact) mass is 263 g/mol. The van der Waals surface area contributed by atoms with E-state index in [1.54, 1.807) is 11.0 Å². The minimum atomic E-state index is -0.468. The van der Waals surface area contributed by atoms with Gasteiger partial charge < -0.3 is 9.52 Å². The van der Waals surface area contributed by atoms with Crippen LogP contribution in [0.15, 0.2) is 22.9 Å². The first-order valence-electron chi connectivity index (χ1n) is 6.56. The van der Waals surface area contributed by atoms with Gasteiger partial charge in [-0.2, -0.15) is 0 Å². The topological polar surface area (TPSA) is 64.1 Å². The third kappa shape index (κ3) is 3.23. The molecule has 2 rings (SSSR count). The molecular formula is C14H21N3O2. The lowest BCUT2D eigenvalue weighted by Crippen LogP contribution is -2.30. The van der Waals surface area contributed by atoms with E-state index in [-0.39, 0.29) is 5.41 Å². The van der Waals surface area contributed by atoms with Gasteiger partial charge in [-0.1, -0.05) is 27.7 Å². The van der Waals surface area contributed by atoms with Crippen molar-refractivity contribution < 1.29 is 9.52 Å². The molecule has 1 N–H and O–H groups in total. The number of rotatable bonds is 4. The number of aliphatic hydroxyl groups excluding tert-OH is 1. The lowest BCUT2D eigenvalue weighted by atomic mass is 9.89. The van der Waals surface area contributed by atoms with Crippen LogP contribution in [0, 0.1) is 5.41 Å². The van der Waals surface area contributed by atoms with Gasteiger partial charge in [0, 0.05) is 6.42 Å². The van der Waals surface area contributed by atoms with Crippen molar-refractivity contribution in [3.63, 3.8) is 0 Å². The fourth-order valence-corrected chi connectivity index (χ4v) is 1.63. The summed E-state index contributed by atoms with van der Waals surface area (Å²) in [5.41, 5.74) is -0.174. The SMILES string of the molecule is CCc1ccc(-c2ncn(CC(O)C(C)(C)C)n2)o1. The quantitative estimate of drug-likeness (QED) is 0.920. The lowest BCUT2D eigenvalue weighted by Gasteiger charge is -2.25. The molecule has 0 aliphatic rings. The Labute approximate surface area is 113 Å². The van der Waals surface area contributed by atoms with Crippen molar-refractivity contribution in [3.8, 4) is 11.6 Å². The average molecular weight is 263 g/mol. The number of aryl methyl sites for hydroxylation is 1. The second-order valence-electron chi connectivity index (χ2n) is 5.79. The highest BCUT2D eigenvalue weighted by Gasteiger charge is 2.23. The van der Waals surface area contributed by atoms with E-state index >= 15 is 0 Å². The van der Waals surface area contributed by atoms with Gasteiger partial charge in [0.25, 0.3) is 0 Å². The van der Waals surface area contributed by atoms with Crippen LogP contribution in [0.2, 0.25) is 0 Å². The van der Waals surface area contributed by atoms with E-state index in [1.165, 1.54) is 0 Å². The van der Waals surface area contributed by atoms with Gasteiger partial charge in [0.2, 0.25) is 5.82 Å². The highest BCUT2D eigenvalue weighted by molar-refractivity contribution is 5.45. The van der Waals surface area contributed by atoms with Crippen molar-refractivity contribution in [2.75, 3.05) is 0 Å². The smallest absolute Gasteiger partial charge is 0.216 e. The number of hydrogen-bond donors (Lipinski definition) is 1. The molecule has 0 aromatic carbocycles. The summed E-state index contributed by atoms with van der Waals surface area (Å²) in [5, 5.41) is 14.4. The highest BCUT2D eigenvalue weighted by atomic mass is 16.3. The van der Waals surface area contributed by atoms with Gasteiger partial charge in [0.15, 0.2) is 5.76 Å². The minimum absolute atomic E-state index is 0.174. The van der Waals surface area contributed by atoms with Gasteiger partial charge >= 0.3 is 0 Å². The van der Waals surface area contributed by atoms with E-state index in [2.05, 4.69) is 10.1 Å². The van der Waals surface area contributed by atoms with Crippen LogP contribution in [0.25, 0.3) is 11.6 Å². The molecule has 0 saturated heterocycles. The first kappa shape index (κ1) is 13.8. The summed E-state index contributed by atoms with van der Waals surface area (Å²) in [7, 11) is 0. The molecule has 0 aliphatic carbocycles. The number of aromatic nitrogens is 3. The van der Waals surface area contributed by atoms with Crippen LogP contribution >= 0.6 is 0 Å². The van der Waals surface area contributed by atoms with E-state index in [9.17, 15) is 5.11 Å². The first-order valence-corrected chi connectivity index (χ1v) is 6.56. The summed E-state index contributed by atoms with van der Waals surface area (Å²) < 4.78 is 7.26. The van der Waals surface area contributed by atoms with Crippen molar-refractivity contribution in [1.82, 2.24) is 14.8 Å². The fourth-order valence-electron chi connectivity index (χ4n) is 1.63. The van der Waals surface area contributed by atoms with Crippen LogP contribution in [0.1, 0.15) is 33.5 Å². The zero-order valence-electron chi connectivity index (χ0n) is 11.9. The molecule has 104 valence electrons. The summed E-state index contributed by atoms with van der Waals surface area (Å²) >= 11 is 0. The molecule has 0 saturated carbocycles. The van der Waals surface area contributed by atoms with Crippen LogP contribution in [0.4, 0.5) is 0 Å². The van der Waals surface area contributed by atoms with E-state index in [4.69, 9.17) is 4.42 Å². The molecule has 0 amide bonds. The Morgan fingerprint density at radius 2 is 2.11 bits per heavy atom. The van der Waals surface area contributed by atoms with Crippen molar-refractivity contribution in [2.45, 2.75) is 46.8 Å². The molecule has 0 bridgehead atoms. The summed E-state index contributed by atoms with van der Waals surface area (Å²) in [4.78, 5) is 4.22. The normalized spacial score (nSPS) is 13.7. The van der Waals surface area contributed by atoms with Crippen molar-refractivity contribution in [2.24, 2.45) is 5.41 Å². The van der Waals surface area contributed by atoms with Gasteiger partial charge in [-0.3, -0.25) is 0 Å². The van der Waals surface area contributed by atoms with E-state index in [1.807, 2.05) is 39.8 Å². The van der Waals surface area contributed by atoms with Gasteiger partial charge in [-0.15, -0.1) is 5.10 Å². The molecule has 0 spiro atoms. The highest BCUT2D eigenvalue weighted by Crippen LogP contribution is 2.21. The van der Waals surface area contributed by atoms with E-state index in [0.717, 1.165) is 12.2 Å². The fraction of sp³-hybridized carbons (Fsp3) is 0.571. The number of nitrogens with zero attached hydrogens (tertiary/aromatic N) is 3. The Kier molecular flexibility index (Phi) is 3.75. The Morgan fingerprint density at radius 1 is 1.37 bits per heavy atom. The van der Waals surface area contributed by atoms with Crippen molar-refractivity contribution in [3.05, 3.63) is 24.2 Å². The maximum atomic E-state index is 10.0. The Hall–Kier alpha value is -1.62. The second kappa shape index (κ2) is 5.17. The molecule has 2 aromatic rings. The molecule has 0 radical (unpaired) electrons. The third-order valence-corrected chi connectivity index (χ3v) is 3.13. The first-order chi connectivity index (χ1) is 8.90. The third-order valence-electron chi connectivity index (χ3n) is 3.13. The summed E-state index contributed by atoms with van der Waals surface area (Å²) in [6.07, 6.45) is 2.01. The van der Waals surface area contributed by atoms with Crippen LogP contribution in [0.3, 0.4) is 0 Å². The summed E-state index contributed by atoms with van der Waals surface area (Å²) in [6, 6.07) is 3.80. The summed E-state index contributed by atoms with van der Waals surface area (Å²) in [5.74, 6) is 2.14. The maximum Gasteiger partial charge on any atom is 0.216 e. The minimum Gasteiger partial charge on any atom is -0.458 e. The molecule has 2 heterocycles. The van der Waals surface area contributed by atoms with Crippen molar-refractivity contribution in [1.29, 1.82) is 0 Å². The maximum absolute atomic E-state index is 10.0.